The summed E-state index contributed by atoms with van der Waals surface area (Å²) < 4.78 is 42.3. The number of hydrogen-bond donors (Lipinski definition) is 3. The van der Waals surface area contributed by atoms with Gasteiger partial charge in [-0.1, -0.05) is 12.1 Å². The van der Waals surface area contributed by atoms with Crippen molar-refractivity contribution < 1.29 is 32.3 Å². The minimum Gasteiger partial charge on any atom is -0.462 e. The number of thiophene rings is 1. The highest BCUT2D eigenvalue weighted by Gasteiger charge is 2.29. The van der Waals surface area contributed by atoms with E-state index in [-0.39, 0.29) is 24.4 Å². The number of carbonyl (C=O) groups is 3. The zero-order valence-corrected chi connectivity index (χ0v) is 18.0. The van der Waals surface area contributed by atoms with E-state index in [4.69, 9.17) is 4.74 Å². The molecule has 0 bridgehead atoms. The molecule has 1 aromatic carbocycles. The lowest BCUT2D eigenvalue weighted by molar-refractivity contribution is -0.123. The predicted octanol–water partition coefficient (Wildman–Crippen LogP) is 3.76. The van der Waals surface area contributed by atoms with E-state index in [1.165, 1.54) is 29.5 Å². The van der Waals surface area contributed by atoms with Gasteiger partial charge in [0.15, 0.2) is 0 Å². The van der Waals surface area contributed by atoms with E-state index < -0.39 is 30.5 Å². The minimum absolute atomic E-state index is 0.0214. The van der Waals surface area contributed by atoms with Crippen LogP contribution in [0.5, 0.6) is 0 Å². The maximum Gasteiger partial charge on any atom is 0.405 e. The Morgan fingerprint density at radius 3 is 2.62 bits per heavy atom. The number of para-hydroxylation sites is 1. The van der Waals surface area contributed by atoms with Crippen molar-refractivity contribution in [2.45, 2.75) is 32.4 Å². The first-order valence-electron chi connectivity index (χ1n) is 9.99. The van der Waals surface area contributed by atoms with Crippen molar-refractivity contribution in [2.24, 2.45) is 0 Å². The van der Waals surface area contributed by atoms with E-state index >= 15 is 0 Å². The molecule has 0 aliphatic heterocycles. The van der Waals surface area contributed by atoms with Gasteiger partial charge in [0.2, 0.25) is 5.91 Å². The molecule has 0 fully saturated rings. The quantitative estimate of drug-likeness (QED) is 0.512. The summed E-state index contributed by atoms with van der Waals surface area (Å²) in [6.45, 7) is 0.204. The largest absolute Gasteiger partial charge is 0.462 e. The monoisotopic (exact) mass is 469 g/mol. The number of halogens is 3. The molecule has 2 amide bonds. The van der Waals surface area contributed by atoms with Gasteiger partial charge in [-0.25, -0.2) is 4.79 Å². The molecule has 11 heteroatoms. The lowest BCUT2D eigenvalue weighted by atomic mass is 10.1. The van der Waals surface area contributed by atoms with Crippen molar-refractivity contribution in [3.63, 3.8) is 0 Å². The first-order valence-corrected chi connectivity index (χ1v) is 10.8. The van der Waals surface area contributed by atoms with Gasteiger partial charge < -0.3 is 20.7 Å². The van der Waals surface area contributed by atoms with Gasteiger partial charge in [-0.3, -0.25) is 9.59 Å². The van der Waals surface area contributed by atoms with Crippen LogP contribution in [-0.4, -0.2) is 43.7 Å². The number of hydrogen-bond acceptors (Lipinski definition) is 6. The highest BCUT2D eigenvalue weighted by Crippen LogP contribution is 2.39. The normalized spacial score (nSPS) is 12.8. The highest BCUT2D eigenvalue weighted by atomic mass is 32.1. The zero-order valence-electron chi connectivity index (χ0n) is 17.2. The molecule has 7 nitrogen and oxygen atoms in total. The van der Waals surface area contributed by atoms with Crippen LogP contribution in [0.3, 0.4) is 0 Å². The zero-order chi connectivity index (χ0) is 23.3. The molecule has 1 aliphatic carbocycles. The number of esters is 1. The Morgan fingerprint density at radius 1 is 1.16 bits per heavy atom. The second-order valence-electron chi connectivity index (χ2n) is 7.03. The van der Waals surface area contributed by atoms with Gasteiger partial charge in [-0.15, -0.1) is 11.3 Å². The molecule has 0 spiro atoms. The summed E-state index contributed by atoms with van der Waals surface area (Å²) in [5, 5.41) is 7.70. The fourth-order valence-corrected chi connectivity index (χ4v) is 4.66. The fourth-order valence-electron chi connectivity index (χ4n) is 3.37. The molecule has 1 aliphatic rings. The van der Waals surface area contributed by atoms with E-state index in [9.17, 15) is 27.6 Å². The van der Waals surface area contributed by atoms with Gasteiger partial charge in [0.05, 0.1) is 24.3 Å². The summed E-state index contributed by atoms with van der Waals surface area (Å²) >= 11 is 1.34. The number of nitrogens with one attached hydrogen (secondary N) is 3. The molecule has 1 aromatic heterocycles. The summed E-state index contributed by atoms with van der Waals surface area (Å²) in [5.74, 6) is -1.87. The van der Waals surface area contributed by atoms with Gasteiger partial charge in [0.1, 0.15) is 11.5 Å². The molecule has 0 atom stereocenters. The summed E-state index contributed by atoms with van der Waals surface area (Å²) in [5.41, 5.74) is 1.47. The summed E-state index contributed by atoms with van der Waals surface area (Å²) in [7, 11) is 0. The van der Waals surface area contributed by atoms with Crippen molar-refractivity contribution in [3.8, 4) is 0 Å². The Labute approximate surface area is 186 Å². The molecule has 0 saturated carbocycles. The highest BCUT2D eigenvalue weighted by molar-refractivity contribution is 7.17. The van der Waals surface area contributed by atoms with Crippen LogP contribution in [0, 0.1) is 0 Å². The Hall–Kier alpha value is -3.08. The van der Waals surface area contributed by atoms with E-state index in [0.29, 0.717) is 10.6 Å². The van der Waals surface area contributed by atoms with Gasteiger partial charge >= 0.3 is 12.1 Å². The lowest BCUT2D eigenvalue weighted by Gasteiger charge is -2.13. The smallest absolute Gasteiger partial charge is 0.405 e. The molecule has 0 radical (unpaired) electrons. The second-order valence-corrected chi connectivity index (χ2v) is 8.13. The van der Waals surface area contributed by atoms with Crippen LogP contribution in [0.25, 0.3) is 0 Å². The maximum atomic E-state index is 12.5. The molecular formula is C21H22F3N3O4S. The number of benzene rings is 1. The SMILES string of the molecule is CCOC(=O)c1c(NC(=O)CNc2ccccc2C(=O)NCC(F)(F)F)sc2c1CCC2. The van der Waals surface area contributed by atoms with Crippen LogP contribution in [0.15, 0.2) is 24.3 Å². The first-order chi connectivity index (χ1) is 15.2. The number of ether oxygens (including phenoxy) is 1. The average molecular weight is 469 g/mol. The molecule has 3 rings (SSSR count). The second kappa shape index (κ2) is 10.0. The third-order valence-electron chi connectivity index (χ3n) is 4.71. The van der Waals surface area contributed by atoms with E-state index in [0.717, 1.165) is 29.7 Å². The fraction of sp³-hybridized carbons (Fsp3) is 0.381. The van der Waals surface area contributed by atoms with Crippen molar-refractivity contribution in [1.29, 1.82) is 0 Å². The number of anilines is 2. The van der Waals surface area contributed by atoms with Crippen LogP contribution in [0.2, 0.25) is 0 Å². The van der Waals surface area contributed by atoms with E-state index in [1.54, 1.807) is 18.3 Å². The van der Waals surface area contributed by atoms with Crippen LogP contribution < -0.4 is 16.0 Å². The topological polar surface area (TPSA) is 96.5 Å². The van der Waals surface area contributed by atoms with Gasteiger partial charge in [-0.05, 0) is 43.9 Å². The molecule has 1 heterocycles. The Kier molecular flexibility index (Phi) is 7.39. The molecule has 3 N–H and O–H groups in total. The van der Waals surface area contributed by atoms with Crippen molar-refractivity contribution in [1.82, 2.24) is 5.32 Å². The lowest BCUT2D eigenvalue weighted by Crippen LogP contribution is -2.34. The number of aryl methyl sites for hydroxylation is 1. The maximum absolute atomic E-state index is 12.5. The molecular weight excluding hydrogens is 447 g/mol. The molecule has 172 valence electrons. The minimum atomic E-state index is -4.53. The standard InChI is InChI=1S/C21H22F3N3O4S/c1-2-31-20(30)17-13-7-5-9-15(13)32-19(17)27-16(28)10-25-14-8-4-3-6-12(14)18(29)26-11-21(22,23)24/h3-4,6,8,25H,2,5,7,9-11H2,1H3,(H,26,29)(H,27,28). The third-order valence-corrected chi connectivity index (χ3v) is 5.92. The van der Waals surface area contributed by atoms with Crippen LogP contribution in [0.1, 0.15) is 44.5 Å². The Bertz CT molecular complexity index is 1020. The van der Waals surface area contributed by atoms with Crippen LogP contribution in [-0.2, 0) is 22.4 Å². The van der Waals surface area contributed by atoms with Crippen LogP contribution >= 0.6 is 11.3 Å². The van der Waals surface area contributed by atoms with Crippen molar-refractivity contribution in [3.05, 3.63) is 45.8 Å². The number of amides is 2. The Balaban J connectivity index is 1.67. The number of rotatable bonds is 8. The van der Waals surface area contributed by atoms with Gasteiger partial charge in [-0.2, -0.15) is 13.2 Å². The summed E-state index contributed by atoms with van der Waals surface area (Å²) in [4.78, 5) is 38.1. The van der Waals surface area contributed by atoms with E-state index in [2.05, 4.69) is 10.6 Å². The van der Waals surface area contributed by atoms with Gasteiger partial charge in [0, 0.05) is 10.6 Å². The van der Waals surface area contributed by atoms with Crippen LogP contribution in [0.4, 0.5) is 23.9 Å². The molecule has 0 saturated heterocycles. The predicted molar refractivity (Wildman–Crippen MR) is 114 cm³/mol. The third kappa shape index (κ3) is 5.78. The molecule has 32 heavy (non-hydrogen) atoms. The molecule has 0 unspecified atom stereocenters. The Morgan fingerprint density at radius 2 is 1.91 bits per heavy atom. The van der Waals surface area contributed by atoms with Gasteiger partial charge in [0.25, 0.3) is 5.91 Å². The van der Waals surface area contributed by atoms with Crippen molar-refractivity contribution >= 4 is 39.8 Å². The number of fused-ring (bicyclic) bond motifs is 1. The number of carbonyl (C=O) groups excluding carboxylic acids is 3. The average Bonchev–Trinajstić information content (AvgIpc) is 3.31. The first kappa shape index (κ1) is 23.6. The summed E-state index contributed by atoms with van der Waals surface area (Å²) in [6.07, 6.45) is -2.01. The molecule has 2 aromatic rings. The summed E-state index contributed by atoms with van der Waals surface area (Å²) in [6, 6.07) is 5.93. The van der Waals surface area contributed by atoms with Crippen molar-refractivity contribution in [2.75, 3.05) is 30.3 Å². The van der Waals surface area contributed by atoms with E-state index in [1.807, 2.05) is 0 Å². The number of alkyl halides is 3.